The van der Waals surface area contributed by atoms with Gasteiger partial charge < -0.3 is 110 Å². The van der Waals surface area contributed by atoms with Crippen molar-refractivity contribution in [1.29, 1.82) is 0 Å². The minimum absolute atomic E-state index is 0.00110. The molecule has 1 heterocycles. The first-order chi connectivity index (χ1) is 55.5. The molecular formula is C76H104N14O27. The maximum Gasteiger partial charge on any atom is 0.326 e. The minimum Gasteiger partial charge on any atom is -0.508 e. The second kappa shape index (κ2) is 49.6. The molecule has 41 heteroatoms. The Kier molecular flexibility index (Phi) is 40.4. The number of hydrogen-bond donors (Lipinski definition) is 21. The van der Waals surface area contributed by atoms with Crippen molar-refractivity contribution in [2.75, 3.05) is 90.8 Å². The van der Waals surface area contributed by atoms with Crippen LogP contribution in [-0.4, -0.2) is 311 Å². The lowest BCUT2D eigenvalue weighted by Crippen LogP contribution is -2.59. The van der Waals surface area contributed by atoms with Crippen LogP contribution in [0.4, 0.5) is 10.5 Å². The SMILES string of the molecule is Nc1ccc(C[C@@H](NC(=O)CCC(C(=O)O)N2CCN(CC(=O)O)CCN(CC(O)O)CCN(CC(=O)O)CC2)C(=O)N[C@H](Cc2ccc(O)cc2)C(=O)N[C@H](Cc2ccc3ccccc3c2)C(=O)N[C@H](CCCCNC(=O)CCC(=O)NCCCC(NC(=O)CC[C@H](NC(=O)N[C@@H](CCC(=O)O)C(=O)O)C(=O)O)C(=O)O)C(=O)O)cc1. The molecule has 117 heavy (non-hydrogen) atoms. The van der Waals surface area contributed by atoms with E-state index >= 15 is 4.79 Å². The highest BCUT2D eigenvalue weighted by molar-refractivity contribution is 5.96. The van der Waals surface area contributed by atoms with Gasteiger partial charge in [-0.2, -0.15) is 0 Å². The molecule has 0 radical (unpaired) electrons. The van der Waals surface area contributed by atoms with Crippen molar-refractivity contribution in [2.45, 2.75) is 157 Å². The average Bonchev–Trinajstić information content (AvgIpc) is 0.826. The number of urea groups is 1. The number of carbonyl (C=O) groups is 16. The summed E-state index contributed by atoms with van der Waals surface area (Å²) >= 11 is 0. The number of aliphatic carboxylic acids is 8. The monoisotopic (exact) mass is 1640 g/mol. The van der Waals surface area contributed by atoms with E-state index in [4.69, 9.17) is 10.8 Å². The van der Waals surface area contributed by atoms with E-state index < -0.39 is 195 Å². The fourth-order valence-electron chi connectivity index (χ4n) is 12.6. The standard InChI is InChI=1S/C76H104N14O27/c77-50-16-11-45(12-17-50)39-56(81-63(95)24-22-59(75(115)116)90-36-34-88(43-66(100)101)32-30-87(42-65(98)99)31-33-89(35-37-90)44-67(102)103)68(104)83-57(40-46-13-18-51(91)19-14-46)70(106)84-58(41-47-10-15-48-6-1-2-7-49(48)38-47)69(105)82-53(72(109)110)8-3-4-28-78-60(92)25-26-61(93)79-29-5-9-52(71(107)108)80-62(94)23-20-54(73(111)112)85-76(117)86-55(74(113)114)21-27-64(96)97/h1-2,6-7,10-19,38,52-59,65,91,98-99H,3-5,8-9,20-37,39-44,77H2,(H,78,92)(H,79,93)(H,80,94)(H,81,95)(H,82,105)(H,83,104)(H,84,106)(H,96,97)(H,100,101)(H,102,103)(H,107,108)(H,109,110)(H,111,112)(H,113,114)(H,115,116)(H2,85,86,117)/t52?,53-,54+,55+,56-,57-,58-,59?/m1/s1. The normalized spacial score (nSPS) is 15.2. The van der Waals surface area contributed by atoms with E-state index in [1.807, 2.05) is 28.8 Å². The predicted molar refractivity (Wildman–Crippen MR) is 413 cm³/mol. The zero-order chi connectivity index (χ0) is 86.3. The Morgan fingerprint density at radius 2 is 0.769 bits per heavy atom. The summed E-state index contributed by atoms with van der Waals surface area (Å²) in [4.78, 5) is 212. The third-order valence-corrected chi connectivity index (χ3v) is 18.9. The number of nitrogen functional groups attached to an aromatic ring is 1. The molecule has 2 unspecified atom stereocenters. The van der Waals surface area contributed by atoms with Crippen LogP contribution in [-0.2, 0) is 91.2 Å². The topological polar surface area (TPSA) is 643 Å². The van der Waals surface area contributed by atoms with Crippen LogP contribution in [0.15, 0.2) is 91.0 Å². The number of carboxylic acids is 8. The van der Waals surface area contributed by atoms with Gasteiger partial charge in [-0.3, -0.25) is 72.3 Å². The van der Waals surface area contributed by atoms with Crippen LogP contribution in [0.25, 0.3) is 10.8 Å². The van der Waals surface area contributed by atoms with E-state index in [1.54, 1.807) is 41.3 Å². The van der Waals surface area contributed by atoms with Gasteiger partial charge in [0, 0.05) is 129 Å². The number of phenolic OH excluding ortho intramolecular Hbond substituents is 1. The molecule has 1 fully saturated rings. The van der Waals surface area contributed by atoms with Crippen LogP contribution in [0.2, 0.25) is 0 Å². The van der Waals surface area contributed by atoms with E-state index in [0.29, 0.717) is 22.4 Å². The second-order valence-corrected chi connectivity index (χ2v) is 28.1. The highest BCUT2D eigenvalue weighted by Gasteiger charge is 2.35. The Morgan fingerprint density at radius 1 is 0.368 bits per heavy atom. The average molecular weight is 1650 g/mol. The number of hydrogen-bond acceptors (Lipinski definition) is 24. The molecule has 0 saturated carbocycles. The number of amides is 9. The van der Waals surface area contributed by atoms with Gasteiger partial charge in [0.25, 0.3) is 0 Å². The predicted octanol–water partition coefficient (Wildman–Crippen LogP) is -2.50. The van der Waals surface area contributed by atoms with Crippen molar-refractivity contribution in [3.63, 3.8) is 0 Å². The Morgan fingerprint density at radius 3 is 1.26 bits per heavy atom. The van der Waals surface area contributed by atoms with Gasteiger partial charge in [0.1, 0.15) is 54.1 Å². The van der Waals surface area contributed by atoms with Gasteiger partial charge in [-0.25, -0.2) is 24.0 Å². The quantitative estimate of drug-likeness (QED) is 0.0123. The molecule has 0 aliphatic carbocycles. The number of nitrogens with zero attached hydrogens (tertiary/aromatic N) is 4. The number of anilines is 1. The van der Waals surface area contributed by atoms with E-state index in [-0.39, 0.29) is 148 Å². The highest BCUT2D eigenvalue weighted by atomic mass is 16.5. The second-order valence-electron chi connectivity index (χ2n) is 28.1. The summed E-state index contributed by atoms with van der Waals surface area (Å²) in [5.74, 6) is -17.2. The summed E-state index contributed by atoms with van der Waals surface area (Å²) in [5, 5.41) is 131. The summed E-state index contributed by atoms with van der Waals surface area (Å²) in [7, 11) is 0. The number of aromatic hydroxyl groups is 1. The van der Waals surface area contributed by atoms with E-state index in [9.17, 15) is 123 Å². The number of aliphatic hydroxyl groups excluding tert-OH is 1. The van der Waals surface area contributed by atoms with Crippen LogP contribution < -0.4 is 53.6 Å². The third-order valence-electron chi connectivity index (χ3n) is 18.9. The van der Waals surface area contributed by atoms with Crippen LogP contribution in [0, 0.1) is 0 Å². The van der Waals surface area contributed by atoms with Crippen LogP contribution in [0.1, 0.15) is 100 Å². The Bertz CT molecular complexity index is 4030. The number of nitrogens with one attached hydrogen (secondary N) is 9. The summed E-state index contributed by atoms with van der Waals surface area (Å²) in [6.07, 6.45) is -6.53. The number of fused-ring (bicyclic) bond motifs is 1. The number of aliphatic hydroxyl groups is 2. The molecule has 22 N–H and O–H groups in total. The molecule has 41 nitrogen and oxygen atoms in total. The van der Waals surface area contributed by atoms with Gasteiger partial charge in [-0.1, -0.05) is 66.7 Å². The number of nitrogens with two attached hydrogens (primary N) is 1. The van der Waals surface area contributed by atoms with Gasteiger partial charge in [-0.05, 0) is 103 Å². The van der Waals surface area contributed by atoms with Gasteiger partial charge in [-0.15, -0.1) is 0 Å². The number of unbranched alkanes of at least 4 members (excludes halogenated alkanes) is 1. The number of rotatable bonds is 49. The van der Waals surface area contributed by atoms with E-state index in [2.05, 4.69) is 37.2 Å². The smallest absolute Gasteiger partial charge is 0.326 e. The van der Waals surface area contributed by atoms with Gasteiger partial charge >= 0.3 is 53.8 Å². The Balaban J connectivity index is 1.23. The molecule has 0 aromatic heterocycles. The molecule has 0 bridgehead atoms. The highest BCUT2D eigenvalue weighted by Crippen LogP contribution is 2.20. The van der Waals surface area contributed by atoms with Crippen LogP contribution in [0.3, 0.4) is 0 Å². The van der Waals surface area contributed by atoms with Gasteiger partial charge in [0.05, 0.1) is 13.1 Å². The first-order valence-corrected chi connectivity index (χ1v) is 37.8. The van der Waals surface area contributed by atoms with Gasteiger partial charge in [0.15, 0.2) is 6.29 Å². The summed E-state index contributed by atoms with van der Waals surface area (Å²) < 4.78 is 0. The van der Waals surface area contributed by atoms with E-state index in [0.717, 1.165) is 10.8 Å². The number of carbonyl (C=O) groups excluding carboxylic acids is 8. The number of phenols is 1. The number of β-amino-alcohol motifs (C(OH)–C–C–N with tert-alkyl or cyclic N) is 2. The molecule has 4 aromatic carbocycles. The van der Waals surface area contributed by atoms with Crippen molar-refractivity contribution >= 4 is 112 Å². The number of carboxylic acid groups (broad SMARTS) is 8. The largest absolute Gasteiger partial charge is 0.508 e. The molecule has 640 valence electrons. The minimum atomic E-state index is -1.75. The maximum atomic E-state index is 15.0. The molecule has 4 aromatic rings. The lowest BCUT2D eigenvalue weighted by Gasteiger charge is -2.35. The maximum absolute atomic E-state index is 15.0. The summed E-state index contributed by atoms with van der Waals surface area (Å²) in [5.41, 5.74) is 7.71. The van der Waals surface area contributed by atoms with Crippen molar-refractivity contribution in [3.8, 4) is 5.75 Å². The zero-order valence-electron chi connectivity index (χ0n) is 64.2. The fraction of sp³-hybridized carbons (Fsp3) is 0.500. The van der Waals surface area contributed by atoms with Crippen molar-refractivity contribution < 1.29 is 133 Å². The molecule has 1 aliphatic rings. The van der Waals surface area contributed by atoms with Crippen molar-refractivity contribution in [2.24, 2.45) is 0 Å². The number of benzene rings is 4. The van der Waals surface area contributed by atoms with Crippen LogP contribution >= 0.6 is 0 Å². The summed E-state index contributed by atoms with van der Waals surface area (Å²) in [6, 6.07) is 10.4. The molecule has 0 spiro atoms. The Labute approximate surface area is 671 Å². The zero-order valence-corrected chi connectivity index (χ0v) is 64.2. The molecule has 8 atom stereocenters. The summed E-state index contributed by atoms with van der Waals surface area (Å²) in [6.45, 7) is -1.02. The first-order valence-electron chi connectivity index (χ1n) is 37.8. The van der Waals surface area contributed by atoms with Gasteiger partial charge in [0.2, 0.25) is 41.4 Å². The van der Waals surface area contributed by atoms with E-state index in [1.165, 1.54) is 51.1 Å². The van der Waals surface area contributed by atoms with Crippen LogP contribution in [0.5, 0.6) is 5.75 Å². The lowest BCUT2D eigenvalue weighted by molar-refractivity contribution is -0.145. The van der Waals surface area contributed by atoms with Crippen molar-refractivity contribution in [1.82, 2.24) is 67.5 Å². The third kappa shape index (κ3) is 36.9. The van der Waals surface area contributed by atoms with Crippen molar-refractivity contribution in [3.05, 3.63) is 108 Å². The Hall–Kier alpha value is -12.2. The molecule has 5 rings (SSSR count). The lowest BCUT2D eigenvalue weighted by atomic mass is 9.99. The fourth-order valence-corrected chi connectivity index (χ4v) is 12.6. The molecule has 9 amide bonds. The molecular weight excluding hydrogens is 1540 g/mol. The molecule has 1 saturated heterocycles. The molecule has 1 aliphatic heterocycles. The first kappa shape index (κ1) is 95.4.